The summed E-state index contributed by atoms with van der Waals surface area (Å²) in [6.07, 6.45) is 4.72. The Hall–Kier alpha value is -1.40. The number of likely N-dealkylation sites (N-methyl/N-ethyl adjacent to an activating group) is 1. The Morgan fingerprint density at radius 2 is 1.95 bits per heavy atom. The van der Waals surface area contributed by atoms with E-state index in [4.69, 9.17) is 0 Å². The van der Waals surface area contributed by atoms with Gasteiger partial charge in [0, 0.05) is 13.1 Å². The molecule has 3 rings (SSSR count). The highest BCUT2D eigenvalue weighted by molar-refractivity contribution is 7.89. The molecule has 0 aliphatic heterocycles. The number of hydrogen-bond acceptors (Lipinski definition) is 3. The number of sulfonamides is 1. The minimum Gasteiger partial charge on any atom is -0.352 e. The van der Waals surface area contributed by atoms with Crippen molar-refractivity contribution in [3.63, 3.8) is 0 Å². The molecule has 0 radical (unpaired) electrons. The lowest BCUT2D eigenvalue weighted by molar-refractivity contribution is -0.122. The molecule has 2 saturated carbocycles. The first kappa shape index (κ1) is 15.5. The summed E-state index contributed by atoms with van der Waals surface area (Å²) in [4.78, 5) is 12.4. The molecule has 0 heterocycles. The molecule has 0 saturated heterocycles. The van der Waals surface area contributed by atoms with Gasteiger partial charge in [0.1, 0.15) is 0 Å². The molecule has 2 aliphatic rings. The van der Waals surface area contributed by atoms with Gasteiger partial charge in [-0.25, -0.2) is 8.42 Å². The number of nitrogens with one attached hydrogen (secondary N) is 1. The zero-order valence-electron chi connectivity index (χ0n) is 12.7. The predicted octanol–water partition coefficient (Wildman–Crippen LogP) is 1.61. The van der Waals surface area contributed by atoms with Gasteiger partial charge < -0.3 is 5.32 Å². The largest absolute Gasteiger partial charge is 0.352 e. The molecule has 1 N–H and O–H groups in total. The predicted molar refractivity (Wildman–Crippen MR) is 83.6 cm³/mol. The van der Waals surface area contributed by atoms with Crippen molar-refractivity contribution in [1.82, 2.24) is 9.62 Å². The fraction of sp³-hybridized carbons (Fsp3) is 0.562. The summed E-state index contributed by atoms with van der Waals surface area (Å²) in [5.74, 6) is 1.13. The Morgan fingerprint density at radius 1 is 1.23 bits per heavy atom. The van der Waals surface area contributed by atoms with Gasteiger partial charge in [-0.3, -0.25) is 4.79 Å². The first-order valence-electron chi connectivity index (χ1n) is 7.77. The van der Waals surface area contributed by atoms with Crippen LogP contribution in [0.2, 0.25) is 0 Å². The molecule has 2 fully saturated rings. The molecular weight excluding hydrogens is 300 g/mol. The van der Waals surface area contributed by atoms with Crippen LogP contribution in [-0.4, -0.2) is 38.3 Å². The normalized spacial score (nSPS) is 27.3. The lowest BCUT2D eigenvalue weighted by Crippen LogP contribution is -2.44. The lowest BCUT2D eigenvalue weighted by atomic mass is 9.95. The van der Waals surface area contributed by atoms with Crippen LogP contribution in [0.4, 0.5) is 0 Å². The number of benzene rings is 1. The number of carbonyl (C=O) groups excluding carboxylic acids is 1. The summed E-state index contributed by atoms with van der Waals surface area (Å²) in [5.41, 5.74) is 0. The number of amides is 1. The third-order valence-electron chi connectivity index (χ3n) is 4.90. The fourth-order valence-corrected chi connectivity index (χ4v) is 4.88. The lowest BCUT2D eigenvalue weighted by Gasteiger charge is -2.24. The van der Waals surface area contributed by atoms with Crippen molar-refractivity contribution >= 4 is 15.9 Å². The van der Waals surface area contributed by atoms with Gasteiger partial charge in [-0.05, 0) is 43.2 Å². The van der Waals surface area contributed by atoms with Gasteiger partial charge in [0.05, 0.1) is 11.4 Å². The van der Waals surface area contributed by atoms with E-state index in [1.807, 2.05) is 0 Å². The average Bonchev–Trinajstić information content (AvgIpc) is 3.10. The van der Waals surface area contributed by atoms with Crippen LogP contribution in [0, 0.1) is 11.8 Å². The molecule has 120 valence electrons. The molecule has 2 bridgehead atoms. The standard InChI is InChI=1S/C16H22N2O3S/c1-18(22(20,21)14-5-3-2-4-6-14)11-16(19)17-15-10-12-7-8-13(15)9-12/h2-6,12-13,15H,7-11H2,1H3,(H,17,19). The Labute approximate surface area is 131 Å². The zero-order chi connectivity index (χ0) is 15.7. The maximum absolute atomic E-state index is 12.4. The minimum absolute atomic E-state index is 0.134. The molecule has 2 aliphatic carbocycles. The second-order valence-electron chi connectivity index (χ2n) is 6.42. The molecule has 0 aromatic heterocycles. The van der Waals surface area contributed by atoms with Crippen LogP contribution in [0.3, 0.4) is 0 Å². The molecule has 1 amide bonds. The van der Waals surface area contributed by atoms with Gasteiger partial charge in [-0.1, -0.05) is 24.6 Å². The molecule has 0 spiro atoms. The van der Waals surface area contributed by atoms with E-state index in [1.165, 1.54) is 26.3 Å². The maximum atomic E-state index is 12.4. The molecule has 5 nitrogen and oxygen atoms in total. The fourth-order valence-electron chi connectivity index (χ4n) is 3.73. The van der Waals surface area contributed by atoms with Crippen LogP contribution < -0.4 is 5.32 Å². The Kier molecular flexibility index (Phi) is 4.23. The topological polar surface area (TPSA) is 66.5 Å². The van der Waals surface area contributed by atoms with Gasteiger partial charge in [-0.2, -0.15) is 4.31 Å². The van der Waals surface area contributed by atoms with Crippen LogP contribution in [0.1, 0.15) is 25.7 Å². The second kappa shape index (κ2) is 6.01. The van der Waals surface area contributed by atoms with Gasteiger partial charge in [0.15, 0.2) is 0 Å². The SMILES string of the molecule is CN(CC(=O)NC1CC2CCC1C2)S(=O)(=O)c1ccccc1. The number of nitrogens with zero attached hydrogens (tertiary/aromatic N) is 1. The molecule has 22 heavy (non-hydrogen) atoms. The van der Waals surface area contributed by atoms with Gasteiger partial charge >= 0.3 is 0 Å². The number of hydrogen-bond donors (Lipinski definition) is 1. The Bertz CT molecular complexity index is 645. The van der Waals surface area contributed by atoms with Crippen LogP contribution >= 0.6 is 0 Å². The van der Waals surface area contributed by atoms with Crippen molar-refractivity contribution in [2.45, 2.75) is 36.6 Å². The molecule has 6 heteroatoms. The van der Waals surface area contributed by atoms with Gasteiger partial charge in [-0.15, -0.1) is 0 Å². The van der Waals surface area contributed by atoms with Crippen molar-refractivity contribution < 1.29 is 13.2 Å². The van der Waals surface area contributed by atoms with E-state index in [0.29, 0.717) is 5.92 Å². The average molecular weight is 322 g/mol. The maximum Gasteiger partial charge on any atom is 0.243 e. The van der Waals surface area contributed by atoms with Crippen LogP contribution in [0.25, 0.3) is 0 Å². The monoisotopic (exact) mass is 322 g/mol. The van der Waals surface area contributed by atoms with Crippen molar-refractivity contribution in [3.8, 4) is 0 Å². The summed E-state index contributed by atoms with van der Waals surface area (Å²) in [6, 6.07) is 8.44. The quantitative estimate of drug-likeness (QED) is 0.895. The van der Waals surface area contributed by atoms with Crippen LogP contribution in [0.5, 0.6) is 0 Å². The highest BCUT2D eigenvalue weighted by Crippen LogP contribution is 2.44. The molecule has 3 atom stereocenters. The summed E-state index contributed by atoms with van der Waals surface area (Å²) in [5, 5.41) is 3.02. The highest BCUT2D eigenvalue weighted by Gasteiger charge is 2.40. The minimum atomic E-state index is -3.61. The van der Waals surface area contributed by atoms with E-state index in [2.05, 4.69) is 5.32 Å². The van der Waals surface area contributed by atoms with E-state index in [-0.39, 0.29) is 23.4 Å². The van der Waals surface area contributed by atoms with E-state index in [9.17, 15) is 13.2 Å². The van der Waals surface area contributed by atoms with E-state index >= 15 is 0 Å². The van der Waals surface area contributed by atoms with Gasteiger partial charge in [0.25, 0.3) is 0 Å². The summed E-state index contributed by atoms with van der Waals surface area (Å²) in [7, 11) is -2.16. The summed E-state index contributed by atoms with van der Waals surface area (Å²) < 4.78 is 25.9. The first-order chi connectivity index (χ1) is 10.5. The molecule has 1 aromatic carbocycles. The first-order valence-corrected chi connectivity index (χ1v) is 9.21. The van der Waals surface area contributed by atoms with E-state index in [0.717, 1.165) is 16.6 Å². The number of carbonyl (C=O) groups is 1. The van der Waals surface area contributed by atoms with E-state index < -0.39 is 10.0 Å². The van der Waals surface area contributed by atoms with Crippen molar-refractivity contribution in [2.24, 2.45) is 11.8 Å². The van der Waals surface area contributed by atoms with Crippen molar-refractivity contribution in [2.75, 3.05) is 13.6 Å². The second-order valence-corrected chi connectivity index (χ2v) is 8.47. The zero-order valence-corrected chi connectivity index (χ0v) is 13.6. The van der Waals surface area contributed by atoms with Crippen LogP contribution in [-0.2, 0) is 14.8 Å². The van der Waals surface area contributed by atoms with Crippen LogP contribution in [0.15, 0.2) is 35.2 Å². The highest BCUT2D eigenvalue weighted by atomic mass is 32.2. The molecule has 1 aromatic rings. The van der Waals surface area contributed by atoms with Gasteiger partial charge in [0.2, 0.25) is 15.9 Å². The van der Waals surface area contributed by atoms with Crippen molar-refractivity contribution in [3.05, 3.63) is 30.3 Å². The third-order valence-corrected chi connectivity index (χ3v) is 6.72. The van der Waals surface area contributed by atoms with E-state index in [1.54, 1.807) is 30.3 Å². The molecular formula is C16H22N2O3S. The molecule has 3 unspecified atom stereocenters. The summed E-state index contributed by atoms with van der Waals surface area (Å²) in [6.45, 7) is -0.134. The van der Waals surface area contributed by atoms with Crippen molar-refractivity contribution in [1.29, 1.82) is 0 Å². The smallest absolute Gasteiger partial charge is 0.243 e. The number of rotatable bonds is 5. The Morgan fingerprint density at radius 3 is 2.55 bits per heavy atom. The summed E-state index contributed by atoms with van der Waals surface area (Å²) >= 11 is 0. The Balaban J connectivity index is 1.59. The number of fused-ring (bicyclic) bond motifs is 2. The third kappa shape index (κ3) is 3.03.